The SMILES string of the molecule is Cc1ccc(-c2[c-]cc(CCc3cc(CCc4c[c-]c(-c5ccc(C)cn5)cc4)cc(-c4cc5c6ccccc6n(-c6ccccc6)c5cc4-c4c[c-]c(-c5ccccn5)cc4C)c3)cc2)nc1.[Ir+3]. The summed E-state index contributed by atoms with van der Waals surface area (Å²) in [6, 6.07) is 74.2. The van der Waals surface area contributed by atoms with E-state index in [1.54, 1.807) is 0 Å². The first-order valence-corrected chi connectivity index (χ1v) is 23.5. The van der Waals surface area contributed by atoms with E-state index >= 15 is 0 Å². The Labute approximate surface area is 418 Å². The molecule has 69 heavy (non-hydrogen) atoms. The molecule has 0 saturated carbocycles. The predicted molar refractivity (Wildman–Crippen MR) is 280 cm³/mol. The van der Waals surface area contributed by atoms with Crippen molar-refractivity contribution in [1.29, 1.82) is 0 Å². The smallest absolute Gasteiger partial charge is 0.309 e. The summed E-state index contributed by atoms with van der Waals surface area (Å²) in [6.07, 6.45) is 9.24. The predicted octanol–water partition coefficient (Wildman–Crippen LogP) is 15.2. The first-order valence-electron chi connectivity index (χ1n) is 23.5. The zero-order valence-electron chi connectivity index (χ0n) is 38.9. The van der Waals surface area contributed by atoms with Crippen molar-refractivity contribution in [3.8, 4) is 61.7 Å². The Balaban J connectivity index is 0.00000553. The van der Waals surface area contributed by atoms with Gasteiger partial charge in [-0.2, -0.15) is 0 Å². The Morgan fingerprint density at radius 3 is 1.59 bits per heavy atom. The van der Waals surface area contributed by atoms with Gasteiger partial charge >= 0.3 is 20.1 Å². The van der Waals surface area contributed by atoms with E-state index in [-0.39, 0.29) is 20.1 Å². The Hall–Kier alpha value is -7.56. The zero-order chi connectivity index (χ0) is 46.0. The van der Waals surface area contributed by atoms with E-state index in [0.717, 1.165) is 81.8 Å². The van der Waals surface area contributed by atoms with Gasteiger partial charge in [0.1, 0.15) is 0 Å². The van der Waals surface area contributed by atoms with Crippen LogP contribution >= 0.6 is 0 Å². The Morgan fingerprint density at radius 2 is 1.01 bits per heavy atom. The van der Waals surface area contributed by atoms with Crippen LogP contribution < -0.4 is 0 Å². The molecule has 4 heterocycles. The van der Waals surface area contributed by atoms with Gasteiger partial charge in [0, 0.05) is 35.1 Å². The number of rotatable bonds is 12. The fourth-order valence-corrected chi connectivity index (χ4v) is 9.47. The standard InChI is InChI=1S/C64H49N4.Ir/c1-43-16-32-61(66-41-43)50-26-22-46(23-27-50)18-20-48-36-49(21-19-47-24-28-51(29-25-47)62-33-17-44(2)42-67-62)38-53(37-48)57-39-59-56-13-7-8-15-63(56)68(54-11-5-4-6-12-54)64(59)40-58(57)55-31-30-52(35-45(55)3)60-14-9-10-34-65-60;/h4-17,22-26,28,31-42H,18-21H2,1-3H3;/q-3;+3. The van der Waals surface area contributed by atoms with Gasteiger partial charge in [-0.3, -0.25) is 0 Å². The van der Waals surface area contributed by atoms with Gasteiger partial charge in [-0.05, 0) is 114 Å². The van der Waals surface area contributed by atoms with Gasteiger partial charge in [0.25, 0.3) is 0 Å². The van der Waals surface area contributed by atoms with Crippen LogP contribution in [0.1, 0.15) is 38.9 Å². The van der Waals surface area contributed by atoms with Crippen LogP contribution in [0.2, 0.25) is 0 Å². The molecule has 0 spiro atoms. The quantitative estimate of drug-likeness (QED) is 0.115. The molecule has 334 valence electrons. The summed E-state index contributed by atoms with van der Waals surface area (Å²) in [7, 11) is 0. The third-order valence-electron chi connectivity index (χ3n) is 13.1. The minimum atomic E-state index is 0. The average Bonchev–Trinajstić information content (AvgIpc) is 3.71. The van der Waals surface area contributed by atoms with Crippen LogP contribution in [-0.4, -0.2) is 19.5 Å². The number of aromatic nitrogens is 4. The van der Waals surface area contributed by atoms with Crippen molar-refractivity contribution in [2.24, 2.45) is 0 Å². The first kappa shape index (κ1) is 45.2. The van der Waals surface area contributed by atoms with Crippen molar-refractivity contribution >= 4 is 21.8 Å². The van der Waals surface area contributed by atoms with Crippen molar-refractivity contribution in [2.75, 3.05) is 0 Å². The molecule has 0 fully saturated rings. The summed E-state index contributed by atoms with van der Waals surface area (Å²) < 4.78 is 2.41. The van der Waals surface area contributed by atoms with E-state index in [0.29, 0.717) is 0 Å². The molecule has 5 heteroatoms. The third kappa shape index (κ3) is 9.63. The number of aryl methyl sites for hydroxylation is 7. The molecule has 0 unspecified atom stereocenters. The van der Waals surface area contributed by atoms with E-state index in [1.807, 2.05) is 30.7 Å². The molecule has 0 radical (unpaired) electrons. The number of pyridine rings is 3. The molecule has 0 N–H and O–H groups in total. The van der Waals surface area contributed by atoms with Crippen LogP contribution in [0.3, 0.4) is 0 Å². The zero-order valence-corrected chi connectivity index (χ0v) is 41.3. The van der Waals surface area contributed by atoms with Crippen molar-refractivity contribution in [3.63, 3.8) is 0 Å². The molecule has 0 amide bonds. The molecule has 0 aliphatic heterocycles. The van der Waals surface area contributed by atoms with Gasteiger partial charge in [-0.1, -0.05) is 122 Å². The van der Waals surface area contributed by atoms with Crippen LogP contribution in [-0.2, 0) is 45.8 Å². The number of fused-ring (bicyclic) bond motifs is 3. The largest absolute Gasteiger partial charge is 3.00 e. The van der Waals surface area contributed by atoms with Gasteiger partial charge in [-0.15, -0.1) is 100 Å². The van der Waals surface area contributed by atoms with Crippen LogP contribution in [0, 0.1) is 39.0 Å². The maximum absolute atomic E-state index is 4.66. The fourth-order valence-electron chi connectivity index (χ4n) is 9.47. The minimum Gasteiger partial charge on any atom is -0.309 e. The molecule has 0 aliphatic rings. The first-order chi connectivity index (χ1) is 33.4. The molecule has 11 rings (SSSR count). The second kappa shape index (κ2) is 20.0. The van der Waals surface area contributed by atoms with E-state index in [1.165, 1.54) is 66.3 Å². The molecule has 7 aromatic carbocycles. The Morgan fingerprint density at radius 1 is 0.420 bits per heavy atom. The monoisotopic (exact) mass is 1070 g/mol. The van der Waals surface area contributed by atoms with Crippen molar-refractivity contribution in [3.05, 3.63) is 252 Å². The van der Waals surface area contributed by atoms with E-state index < -0.39 is 0 Å². The number of hydrogen-bond acceptors (Lipinski definition) is 3. The summed E-state index contributed by atoms with van der Waals surface area (Å²) >= 11 is 0. The van der Waals surface area contributed by atoms with Crippen molar-refractivity contribution in [1.82, 2.24) is 19.5 Å². The summed E-state index contributed by atoms with van der Waals surface area (Å²) in [6.45, 7) is 6.34. The molecule has 0 saturated heterocycles. The molecule has 4 nitrogen and oxygen atoms in total. The van der Waals surface area contributed by atoms with Crippen molar-refractivity contribution < 1.29 is 20.1 Å². The van der Waals surface area contributed by atoms with Gasteiger partial charge in [-0.25, -0.2) is 0 Å². The molecule has 4 aromatic heterocycles. The number of para-hydroxylation sites is 2. The van der Waals surface area contributed by atoms with Crippen LogP contribution in [0.4, 0.5) is 0 Å². The Bertz CT molecular complexity index is 3430. The molecule has 11 aromatic rings. The van der Waals surface area contributed by atoms with E-state index in [2.05, 4.69) is 222 Å². The molecule has 0 aliphatic carbocycles. The second-order valence-corrected chi connectivity index (χ2v) is 18.0. The Kier molecular flexibility index (Phi) is 13.1. The van der Waals surface area contributed by atoms with Gasteiger partial charge in [0.15, 0.2) is 0 Å². The summed E-state index contributed by atoms with van der Waals surface area (Å²) in [5.74, 6) is 0. The van der Waals surface area contributed by atoms with Gasteiger partial charge in [0.05, 0.1) is 11.0 Å². The molecule has 0 bridgehead atoms. The number of benzene rings is 7. The van der Waals surface area contributed by atoms with Crippen LogP contribution in [0.15, 0.2) is 195 Å². The van der Waals surface area contributed by atoms with Crippen LogP contribution in [0.25, 0.3) is 83.5 Å². The maximum Gasteiger partial charge on any atom is 3.00 e. The topological polar surface area (TPSA) is 43.6 Å². The minimum absolute atomic E-state index is 0. The number of nitrogens with zero attached hydrogens (tertiary/aromatic N) is 4. The summed E-state index contributed by atoms with van der Waals surface area (Å²) in [4.78, 5) is 13.9. The second-order valence-electron chi connectivity index (χ2n) is 18.0. The number of hydrogen-bond donors (Lipinski definition) is 0. The van der Waals surface area contributed by atoms with E-state index in [9.17, 15) is 0 Å². The van der Waals surface area contributed by atoms with Crippen LogP contribution in [0.5, 0.6) is 0 Å². The summed E-state index contributed by atoms with van der Waals surface area (Å²) in [5.41, 5.74) is 22.6. The van der Waals surface area contributed by atoms with Gasteiger partial charge in [0.2, 0.25) is 0 Å². The molecular formula is C64H49IrN4. The van der Waals surface area contributed by atoms with Crippen molar-refractivity contribution in [2.45, 2.75) is 46.5 Å². The summed E-state index contributed by atoms with van der Waals surface area (Å²) in [5, 5.41) is 2.45. The fraction of sp³-hybridized carbons (Fsp3) is 0.109. The maximum atomic E-state index is 4.66. The van der Waals surface area contributed by atoms with E-state index in [4.69, 9.17) is 0 Å². The average molecular weight is 1070 g/mol. The molecule has 0 atom stereocenters. The van der Waals surface area contributed by atoms with Gasteiger partial charge < -0.3 is 19.5 Å². The molecular weight excluding hydrogens is 1020 g/mol. The third-order valence-corrected chi connectivity index (χ3v) is 13.1. The normalized spacial score (nSPS) is 11.2.